The number of nitrogens with zero attached hydrogens (tertiary/aromatic N) is 4. The van der Waals surface area contributed by atoms with Crippen LogP contribution in [0.5, 0.6) is 0 Å². The molecule has 0 saturated carbocycles. The van der Waals surface area contributed by atoms with Crippen LogP contribution in [0, 0.1) is 11.9 Å². The van der Waals surface area contributed by atoms with E-state index >= 15 is 0 Å². The van der Waals surface area contributed by atoms with E-state index in [1.54, 1.807) is 16.8 Å². The Morgan fingerprint density at radius 2 is 2.08 bits per heavy atom. The second kappa shape index (κ2) is 6.12. The second-order valence-electron chi connectivity index (χ2n) is 5.89. The smallest absolute Gasteiger partial charge is 0.328 e. The molecule has 0 atom stereocenters. The van der Waals surface area contributed by atoms with Gasteiger partial charge in [0, 0.05) is 31.5 Å². The highest BCUT2D eigenvalue weighted by Crippen LogP contribution is 2.20. The van der Waals surface area contributed by atoms with Gasteiger partial charge in [-0.3, -0.25) is 9.55 Å². The summed E-state index contributed by atoms with van der Waals surface area (Å²) < 4.78 is 20.0. The first-order chi connectivity index (χ1) is 11.7. The van der Waals surface area contributed by atoms with Gasteiger partial charge in [-0.1, -0.05) is 0 Å². The van der Waals surface area contributed by atoms with Gasteiger partial charge in [0.25, 0.3) is 0 Å². The number of hydrogen-bond donors (Lipinski definition) is 1. The number of imidazole rings is 1. The molecule has 1 aliphatic rings. The van der Waals surface area contributed by atoms with Gasteiger partial charge in [-0.15, -0.1) is 0 Å². The van der Waals surface area contributed by atoms with Crippen LogP contribution in [0.2, 0.25) is 0 Å². The molecule has 4 rings (SSSR count). The minimum Gasteiger partial charge on any atom is -0.381 e. The molecule has 7 nitrogen and oxygen atoms in total. The maximum atomic E-state index is 13.0. The van der Waals surface area contributed by atoms with Crippen LogP contribution in [-0.4, -0.2) is 37.7 Å². The number of halogens is 1. The fraction of sp³-hybridized carbons (Fsp3) is 0.375. The summed E-state index contributed by atoms with van der Waals surface area (Å²) in [7, 11) is 0. The summed E-state index contributed by atoms with van der Waals surface area (Å²) in [5.74, 6) is -0.167. The number of fused-ring (bicyclic) bond motifs is 1. The van der Waals surface area contributed by atoms with Crippen LogP contribution in [0.25, 0.3) is 22.6 Å². The van der Waals surface area contributed by atoms with Gasteiger partial charge in [-0.2, -0.15) is 4.39 Å². The van der Waals surface area contributed by atoms with Crippen molar-refractivity contribution in [2.24, 2.45) is 5.92 Å². The fourth-order valence-corrected chi connectivity index (χ4v) is 2.94. The quantitative estimate of drug-likeness (QED) is 0.740. The summed E-state index contributed by atoms with van der Waals surface area (Å²) in [6.45, 7) is 2.03. The fourth-order valence-electron chi connectivity index (χ4n) is 2.94. The monoisotopic (exact) mass is 329 g/mol. The molecule has 1 aliphatic heterocycles. The molecule has 1 fully saturated rings. The summed E-state index contributed by atoms with van der Waals surface area (Å²) in [5.41, 5.74) is 1.94. The Morgan fingerprint density at radius 3 is 2.83 bits per heavy atom. The van der Waals surface area contributed by atoms with Gasteiger partial charge < -0.3 is 4.74 Å². The number of nitrogens with one attached hydrogen (secondary N) is 1. The molecule has 0 radical (unpaired) electrons. The SMILES string of the molecule is O=c1[nH]c2ncc(-c3ccc(F)nc3)nc2n1CC1CCOCC1. The van der Waals surface area contributed by atoms with E-state index in [0.29, 0.717) is 35.0 Å². The summed E-state index contributed by atoms with van der Waals surface area (Å²) in [6, 6.07) is 2.86. The van der Waals surface area contributed by atoms with Gasteiger partial charge in [0.1, 0.15) is 0 Å². The Labute approximate surface area is 136 Å². The summed E-state index contributed by atoms with van der Waals surface area (Å²) in [4.78, 5) is 27.4. The molecule has 4 heterocycles. The largest absolute Gasteiger partial charge is 0.381 e. The van der Waals surface area contributed by atoms with Crippen LogP contribution in [0.3, 0.4) is 0 Å². The standard InChI is InChI=1S/C16H16FN5O2/c17-13-2-1-11(7-18-13)12-8-19-14-15(20-12)22(16(23)21-14)9-10-3-5-24-6-4-10/h1-2,7-8,10H,3-6,9H2,(H,19,21,23). The molecule has 3 aromatic rings. The lowest BCUT2D eigenvalue weighted by atomic mass is 10.0. The number of hydrogen-bond acceptors (Lipinski definition) is 5. The average Bonchev–Trinajstić information content (AvgIpc) is 2.91. The zero-order valence-electron chi connectivity index (χ0n) is 12.9. The maximum absolute atomic E-state index is 13.0. The molecule has 1 saturated heterocycles. The van der Waals surface area contributed by atoms with Crippen molar-refractivity contribution in [2.75, 3.05) is 13.2 Å². The highest BCUT2D eigenvalue weighted by atomic mass is 19.1. The van der Waals surface area contributed by atoms with Crippen molar-refractivity contribution < 1.29 is 9.13 Å². The van der Waals surface area contributed by atoms with Crippen LogP contribution >= 0.6 is 0 Å². The third-order valence-corrected chi connectivity index (χ3v) is 4.29. The molecular formula is C16H16FN5O2. The van der Waals surface area contributed by atoms with Crippen LogP contribution in [0.4, 0.5) is 4.39 Å². The van der Waals surface area contributed by atoms with E-state index in [9.17, 15) is 9.18 Å². The first-order valence-corrected chi connectivity index (χ1v) is 7.86. The van der Waals surface area contributed by atoms with Crippen molar-refractivity contribution in [1.82, 2.24) is 24.5 Å². The van der Waals surface area contributed by atoms with Crippen LogP contribution in [-0.2, 0) is 11.3 Å². The number of rotatable bonds is 3. The van der Waals surface area contributed by atoms with Gasteiger partial charge in [0.05, 0.1) is 11.9 Å². The predicted molar refractivity (Wildman–Crippen MR) is 84.9 cm³/mol. The topological polar surface area (TPSA) is 85.7 Å². The third-order valence-electron chi connectivity index (χ3n) is 4.29. The van der Waals surface area contributed by atoms with Gasteiger partial charge in [0.15, 0.2) is 11.3 Å². The number of H-pyrrole nitrogens is 1. The molecule has 24 heavy (non-hydrogen) atoms. The zero-order chi connectivity index (χ0) is 16.5. The van der Waals surface area contributed by atoms with E-state index in [-0.39, 0.29) is 5.69 Å². The number of aromatic amines is 1. The lowest BCUT2D eigenvalue weighted by molar-refractivity contribution is 0.0613. The zero-order valence-corrected chi connectivity index (χ0v) is 12.9. The minimum atomic E-state index is -0.550. The molecule has 0 bridgehead atoms. The first-order valence-electron chi connectivity index (χ1n) is 7.86. The van der Waals surface area contributed by atoms with Crippen molar-refractivity contribution in [2.45, 2.75) is 19.4 Å². The van der Waals surface area contributed by atoms with E-state index in [4.69, 9.17) is 4.74 Å². The number of pyridine rings is 1. The molecule has 0 aromatic carbocycles. The van der Waals surface area contributed by atoms with Gasteiger partial charge in [-0.05, 0) is 30.9 Å². The highest BCUT2D eigenvalue weighted by molar-refractivity contribution is 5.70. The molecule has 0 aliphatic carbocycles. The van der Waals surface area contributed by atoms with Crippen molar-refractivity contribution in [3.05, 3.63) is 41.0 Å². The molecule has 1 N–H and O–H groups in total. The van der Waals surface area contributed by atoms with Gasteiger partial charge in [0.2, 0.25) is 5.95 Å². The molecule has 0 spiro atoms. The Bertz CT molecular complexity index is 912. The van der Waals surface area contributed by atoms with E-state index in [0.717, 1.165) is 26.1 Å². The minimum absolute atomic E-state index is 0.217. The second-order valence-corrected chi connectivity index (χ2v) is 5.89. The van der Waals surface area contributed by atoms with Crippen molar-refractivity contribution >= 4 is 11.3 Å². The van der Waals surface area contributed by atoms with E-state index in [1.807, 2.05) is 0 Å². The first kappa shape index (κ1) is 14.9. The lowest BCUT2D eigenvalue weighted by Gasteiger charge is -2.21. The molecule has 124 valence electrons. The molecule has 0 unspecified atom stereocenters. The number of ether oxygens (including phenoxy) is 1. The average molecular weight is 329 g/mol. The highest BCUT2D eigenvalue weighted by Gasteiger charge is 2.18. The third kappa shape index (κ3) is 2.80. The van der Waals surface area contributed by atoms with E-state index < -0.39 is 5.95 Å². The van der Waals surface area contributed by atoms with Crippen LogP contribution in [0.15, 0.2) is 29.3 Å². The summed E-state index contributed by atoms with van der Waals surface area (Å²) in [6.07, 6.45) is 4.80. The predicted octanol–water partition coefficient (Wildman–Crippen LogP) is 1.75. The lowest BCUT2D eigenvalue weighted by Crippen LogP contribution is -2.26. The summed E-state index contributed by atoms with van der Waals surface area (Å²) >= 11 is 0. The molecular weight excluding hydrogens is 313 g/mol. The number of aromatic nitrogens is 5. The molecule has 8 heteroatoms. The molecule has 0 amide bonds. The van der Waals surface area contributed by atoms with Crippen molar-refractivity contribution in [1.29, 1.82) is 0 Å². The summed E-state index contributed by atoms with van der Waals surface area (Å²) in [5, 5.41) is 0. The van der Waals surface area contributed by atoms with Crippen molar-refractivity contribution in [3.63, 3.8) is 0 Å². The van der Waals surface area contributed by atoms with Gasteiger partial charge >= 0.3 is 5.69 Å². The maximum Gasteiger partial charge on any atom is 0.328 e. The van der Waals surface area contributed by atoms with Gasteiger partial charge in [-0.25, -0.2) is 19.7 Å². The Morgan fingerprint density at radius 1 is 1.25 bits per heavy atom. The Kier molecular flexibility index (Phi) is 3.81. The molecule has 3 aromatic heterocycles. The van der Waals surface area contributed by atoms with E-state index in [2.05, 4.69) is 19.9 Å². The van der Waals surface area contributed by atoms with E-state index in [1.165, 1.54) is 12.3 Å². The Balaban J connectivity index is 1.73. The van der Waals surface area contributed by atoms with Crippen LogP contribution in [0.1, 0.15) is 12.8 Å². The normalized spacial score (nSPS) is 15.9. The Hall–Kier alpha value is -2.61. The van der Waals surface area contributed by atoms with Crippen molar-refractivity contribution in [3.8, 4) is 11.3 Å². The van der Waals surface area contributed by atoms with Crippen LogP contribution < -0.4 is 5.69 Å².